The van der Waals surface area contributed by atoms with Crippen molar-refractivity contribution in [3.63, 3.8) is 0 Å². The SMILES string of the molecule is COc1ccc(CC(=O)N2CCC[C@H]2c2cncc(-n3ccnc3C)n2)cc1. The Morgan fingerprint density at radius 1 is 1.25 bits per heavy atom. The van der Waals surface area contributed by atoms with Crippen LogP contribution in [-0.2, 0) is 11.2 Å². The number of ether oxygens (including phenoxy) is 1. The number of carbonyl (C=O) groups excluding carboxylic acids is 1. The molecule has 1 aliphatic rings. The molecule has 1 fully saturated rings. The number of methoxy groups -OCH3 is 1. The van der Waals surface area contributed by atoms with Gasteiger partial charge in [0.15, 0.2) is 5.82 Å². The van der Waals surface area contributed by atoms with Gasteiger partial charge in [-0.2, -0.15) is 0 Å². The summed E-state index contributed by atoms with van der Waals surface area (Å²) in [6.07, 6.45) is 9.32. The zero-order valence-electron chi connectivity index (χ0n) is 16.1. The Hall–Kier alpha value is -3.22. The van der Waals surface area contributed by atoms with Crippen molar-refractivity contribution in [2.24, 2.45) is 0 Å². The van der Waals surface area contributed by atoms with E-state index in [4.69, 9.17) is 9.72 Å². The first-order chi connectivity index (χ1) is 13.7. The lowest BCUT2D eigenvalue weighted by Crippen LogP contribution is -2.32. The van der Waals surface area contributed by atoms with Crippen LogP contribution in [0.1, 0.15) is 36.0 Å². The van der Waals surface area contributed by atoms with Crippen molar-refractivity contribution in [2.45, 2.75) is 32.2 Å². The molecule has 28 heavy (non-hydrogen) atoms. The third-order valence-electron chi connectivity index (χ3n) is 5.14. The lowest BCUT2D eigenvalue weighted by molar-refractivity contribution is -0.131. The summed E-state index contributed by atoms with van der Waals surface area (Å²) in [7, 11) is 1.63. The number of hydrogen-bond acceptors (Lipinski definition) is 5. The number of amides is 1. The first-order valence-corrected chi connectivity index (χ1v) is 9.40. The molecule has 1 aromatic carbocycles. The largest absolute Gasteiger partial charge is 0.497 e. The molecule has 1 amide bonds. The fourth-order valence-corrected chi connectivity index (χ4v) is 3.66. The zero-order valence-corrected chi connectivity index (χ0v) is 16.1. The fraction of sp³-hybridized carbons (Fsp3) is 0.333. The van der Waals surface area contributed by atoms with Crippen molar-refractivity contribution in [3.8, 4) is 11.6 Å². The van der Waals surface area contributed by atoms with E-state index in [2.05, 4.69) is 9.97 Å². The molecular weight excluding hydrogens is 354 g/mol. The second-order valence-electron chi connectivity index (χ2n) is 6.92. The smallest absolute Gasteiger partial charge is 0.227 e. The molecule has 4 rings (SSSR count). The van der Waals surface area contributed by atoms with E-state index in [1.54, 1.807) is 25.7 Å². The van der Waals surface area contributed by atoms with Crippen molar-refractivity contribution in [1.82, 2.24) is 24.4 Å². The van der Waals surface area contributed by atoms with E-state index in [-0.39, 0.29) is 11.9 Å². The van der Waals surface area contributed by atoms with Crippen LogP contribution in [0.2, 0.25) is 0 Å². The van der Waals surface area contributed by atoms with Crippen LogP contribution < -0.4 is 4.74 Å². The van der Waals surface area contributed by atoms with Crippen molar-refractivity contribution in [3.05, 3.63) is 66.1 Å². The number of benzene rings is 1. The molecule has 0 aliphatic carbocycles. The van der Waals surface area contributed by atoms with Gasteiger partial charge in [-0.25, -0.2) is 9.97 Å². The Kier molecular flexibility index (Phi) is 5.06. The first-order valence-electron chi connectivity index (χ1n) is 9.40. The molecule has 3 aromatic rings. The van der Waals surface area contributed by atoms with Crippen LogP contribution in [0.5, 0.6) is 5.75 Å². The molecule has 0 unspecified atom stereocenters. The Bertz CT molecular complexity index is 967. The van der Waals surface area contributed by atoms with Gasteiger partial charge in [-0.1, -0.05) is 12.1 Å². The number of aryl methyl sites for hydroxylation is 1. The predicted molar refractivity (Wildman–Crippen MR) is 104 cm³/mol. The molecule has 7 heteroatoms. The molecule has 0 spiro atoms. The number of imidazole rings is 1. The van der Waals surface area contributed by atoms with E-state index in [0.717, 1.165) is 48.0 Å². The Balaban J connectivity index is 1.53. The first kappa shape index (κ1) is 18.2. The number of carbonyl (C=O) groups is 1. The molecule has 1 saturated heterocycles. The average molecular weight is 377 g/mol. The van der Waals surface area contributed by atoms with E-state index >= 15 is 0 Å². The summed E-state index contributed by atoms with van der Waals surface area (Å²) in [6.45, 7) is 2.67. The predicted octanol–water partition coefficient (Wildman–Crippen LogP) is 2.89. The van der Waals surface area contributed by atoms with Crippen LogP contribution in [0, 0.1) is 6.92 Å². The normalized spacial score (nSPS) is 16.4. The lowest BCUT2D eigenvalue weighted by Gasteiger charge is -2.24. The third kappa shape index (κ3) is 3.60. The van der Waals surface area contributed by atoms with Gasteiger partial charge in [-0.15, -0.1) is 0 Å². The maximum atomic E-state index is 13.0. The van der Waals surface area contributed by atoms with Gasteiger partial charge in [-0.3, -0.25) is 14.3 Å². The van der Waals surface area contributed by atoms with Crippen LogP contribution in [0.4, 0.5) is 0 Å². The molecule has 2 aromatic heterocycles. The molecule has 7 nitrogen and oxygen atoms in total. The molecule has 0 N–H and O–H groups in total. The average Bonchev–Trinajstić information content (AvgIpc) is 3.38. The van der Waals surface area contributed by atoms with Gasteiger partial charge in [0, 0.05) is 18.9 Å². The van der Waals surface area contributed by atoms with Gasteiger partial charge in [0.1, 0.15) is 11.6 Å². The van der Waals surface area contributed by atoms with Crippen molar-refractivity contribution in [2.75, 3.05) is 13.7 Å². The maximum absolute atomic E-state index is 13.0. The summed E-state index contributed by atoms with van der Waals surface area (Å²) in [5.41, 5.74) is 1.80. The van der Waals surface area contributed by atoms with Gasteiger partial charge >= 0.3 is 0 Å². The van der Waals surface area contributed by atoms with Crippen LogP contribution in [0.15, 0.2) is 49.1 Å². The van der Waals surface area contributed by atoms with Crippen molar-refractivity contribution < 1.29 is 9.53 Å². The number of aromatic nitrogens is 4. The van der Waals surface area contributed by atoms with Gasteiger partial charge < -0.3 is 9.64 Å². The monoisotopic (exact) mass is 377 g/mol. The number of hydrogen-bond donors (Lipinski definition) is 0. The minimum absolute atomic E-state index is 0.0398. The van der Waals surface area contributed by atoms with Gasteiger partial charge in [-0.05, 0) is 37.5 Å². The van der Waals surface area contributed by atoms with Crippen LogP contribution in [0.3, 0.4) is 0 Å². The Morgan fingerprint density at radius 2 is 2.07 bits per heavy atom. The minimum Gasteiger partial charge on any atom is -0.497 e. The lowest BCUT2D eigenvalue weighted by atomic mass is 10.1. The summed E-state index contributed by atoms with van der Waals surface area (Å²) in [4.78, 5) is 28.3. The molecule has 1 aliphatic heterocycles. The molecular formula is C21H23N5O2. The summed E-state index contributed by atoms with van der Waals surface area (Å²) in [5, 5.41) is 0. The Morgan fingerprint density at radius 3 is 2.79 bits per heavy atom. The second-order valence-corrected chi connectivity index (χ2v) is 6.92. The van der Waals surface area contributed by atoms with Crippen LogP contribution in [0.25, 0.3) is 5.82 Å². The maximum Gasteiger partial charge on any atom is 0.227 e. The standard InChI is InChI=1S/C21H23N5O2/c1-15-23-9-11-25(15)20-14-22-13-18(24-20)19-4-3-10-26(19)21(27)12-16-5-7-17(28-2)8-6-16/h5-9,11,13-14,19H,3-4,10,12H2,1-2H3/t19-/m0/s1. The van der Waals surface area contributed by atoms with E-state index < -0.39 is 0 Å². The molecule has 1 atom stereocenters. The van der Waals surface area contributed by atoms with Gasteiger partial charge in [0.05, 0.1) is 37.7 Å². The highest BCUT2D eigenvalue weighted by molar-refractivity contribution is 5.79. The fourth-order valence-electron chi connectivity index (χ4n) is 3.66. The number of rotatable bonds is 5. The van der Waals surface area contributed by atoms with Crippen molar-refractivity contribution in [1.29, 1.82) is 0 Å². The molecule has 0 radical (unpaired) electrons. The topological polar surface area (TPSA) is 73.1 Å². The summed E-state index contributed by atoms with van der Waals surface area (Å²) in [6, 6.07) is 7.59. The minimum atomic E-state index is -0.0398. The van der Waals surface area contributed by atoms with E-state index in [1.165, 1.54) is 0 Å². The summed E-state index contributed by atoms with van der Waals surface area (Å²) in [5.74, 6) is 2.48. The molecule has 0 bridgehead atoms. The molecule has 0 saturated carbocycles. The third-order valence-corrected chi connectivity index (χ3v) is 5.14. The highest BCUT2D eigenvalue weighted by Gasteiger charge is 2.31. The quantitative estimate of drug-likeness (QED) is 0.684. The zero-order chi connectivity index (χ0) is 19.5. The van der Waals surface area contributed by atoms with Crippen LogP contribution >= 0.6 is 0 Å². The van der Waals surface area contributed by atoms with E-state index in [1.807, 2.05) is 46.9 Å². The van der Waals surface area contributed by atoms with Gasteiger partial charge in [0.25, 0.3) is 0 Å². The van der Waals surface area contributed by atoms with E-state index in [0.29, 0.717) is 6.42 Å². The van der Waals surface area contributed by atoms with Crippen LogP contribution in [-0.4, -0.2) is 44.0 Å². The van der Waals surface area contributed by atoms with Gasteiger partial charge in [0.2, 0.25) is 5.91 Å². The highest BCUT2D eigenvalue weighted by atomic mass is 16.5. The number of nitrogens with zero attached hydrogens (tertiary/aromatic N) is 5. The second kappa shape index (κ2) is 7.80. The van der Waals surface area contributed by atoms with E-state index in [9.17, 15) is 4.79 Å². The molecule has 144 valence electrons. The molecule has 3 heterocycles. The summed E-state index contributed by atoms with van der Waals surface area (Å²) < 4.78 is 7.08. The Labute approximate surface area is 164 Å². The van der Waals surface area contributed by atoms with Crippen molar-refractivity contribution >= 4 is 5.91 Å². The summed E-state index contributed by atoms with van der Waals surface area (Å²) >= 11 is 0. The highest BCUT2D eigenvalue weighted by Crippen LogP contribution is 2.31. The number of likely N-dealkylation sites (tertiary alicyclic amines) is 1.